The van der Waals surface area contributed by atoms with Gasteiger partial charge in [0, 0.05) is 0 Å². The van der Waals surface area contributed by atoms with Gasteiger partial charge in [-0.15, -0.1) is 0 Å². The van der Waals surface area contributed by atoms with Crippen LogP contribution in [0.4, 0.5) is 0 Å². The van der Waals surface area contributed by atoms with E-state index in [-0.39, 0.29) is 7.92 Å². The maximum atomic E-state index is 2.45. The van der Waals surface area contributed by atoms with E-state index in [0.717, 1.165) is 11.3 Å². The zero-order chi connectivity index (χ0) is 13.8. The third-order valence-electron chi connectivity index (χ3n) is 4.49. The Morgan fingerprint density at radius 1 is 1.00 bits per heavy atom. The molecule has 2 unspecified atom stereocenters. The molecule has 1 aromatic rings. The van der Waals surface area contributed by atoms with Gasteiger partial charge in [-0.05, 0) is 61.7 Å². The van der Waals surface area contributed by atoms with E-state index in [4.69, 9.17) is 0 Å². The molecule has 0 amide bonds. The zero-order valence-corrected chi connectivity index (χ0v) is 14.0. The molecule has 0 N–H and O–H groups in total. The van der Waals surface area contributed by atoms with Crippen LogP contribution in [0.25, 0.3) is 0 Å². The van der Waals surface area contributed by atoms with Crippen molar-refractivity contribution in [3.63, 3.8) is 0 Å². The Morgan fingerprint density at radius 3 is 2.05 bits per heavy atom. The van der Waals surface area contributed by atoms with Crippen molar-refractivity contribution in [1.82, 2.24) is 0 Å². The van der Waals surface area contributed by atoms with Gasteiger partial charge in [-0.25, -0.2) is 0 Å². The number of hydrogen-bond donors (Lipinski definition) is 0. The fourth-order valence-corrected chi connectivity index (χ4v) is 7.71. The average Bonchev–Trinajstić information content (AvgIpc) is 2.74. The molecule has 1 heterocycles. The molecule has 19 heavy (non-hydrogen) atoms. The summed E-state index contributed by atoms with van der Waals surface area (Å²) in [5.41, 5.74) is 4.96. The lowest BCUT2D eigenvalue weighted by Crippen LogP contribution is -2.17. The number of hydrogen-bond acceptors (Lipinski definition) is 0. The van der Waals surface area contributed by atoms with E-state index in [0.29, 0.717) is 0 Å². The van der Waals surface area contributed by atoms with E-state index < -0.39 is 0 Å². The van der Waals surface area contributed by atoms with Gasteiger partial charge in [0.15, 0.2) is 0 Å². The number of aryl methyl sites for hydroxylation is 2. The molecule has 1 aromatic carbocycles. The lowest BCUT2D eigenvalue weighted by molar-refractivity contribution is 0.649. The molecule has 2 atom stereocenters. The summed E-state index contributed by atoms with van der Waals surface area (Å²) in [6.45, 7) is 9.24. The lowest BCUT2D eigenvalue weighted by Gasteiger charge is -2.27. The summed E-state index contributed by atoms with van der Waals surface area (Å²) in [5.74, 6) is 0. The molecule has 0 aliphatic carbocycles. The summed E-state index contributed by atoms with van der Waals surface area (Å²) in [6.07, 6.45) is 8.56. The molecule has 0 radical (unpaired) electrons. The number of rotatable bonds is 5. The van der Waals surface area contributed by atoms with Gasteiger partial charge < -0.3 is 0 Å². The third kappa shape index (κ3) is 3.40. The first-order valence-corrected chi connectivity index (χ1v) is 9.51. The Kier molecular flexibility index (Phi) is 5.46. The van der Waals surface area contributed by atoms with Crippen molar-refractivity contribution < 1.29 is 0 Å². The van der Waals surface area contributed by atoms with Gasteiger partial charge in [0.2, 0.25) is 0 Å². The predicted octanol–water partition coefficient (Wildman–Crippen LogP) is 5.54. The van der Waals surface area contributed by atoms with Crippen LogP contribution in [0.3, 0.4) is 0 Å². The Bertz CT molecular complexity index is 396. The Morgan fingerprint density at radius 2 is 1.58 bits per heavy atom. The predicted molar refractivity (Wildman–Crippen MR) is 89.1 cm³/mol. The summed E-state index contributed by atoms with van der Waals surface area (Å²) >= 11 is 0. The summed E-state index contributed by atoms with van der Waals surface area (Å²) in [5, 5.41) is 1.72. The van der Waals surface area contributed by atoms with E-state index in [9.17, 15) is 0 Å². The minimum absolute atomic E-state index is 0.0879. The molecule has 0 spiro atoms. The van der Waals surface area contributed by atoms with Gasteiger partial charge in [0.25, 0.3) is 0 Å². The highest BCUT2D eigenvalue weighted by Crippen LogP contribution is 2.58. The molecule has 1 heteroatoms. The summed E-state index contributed by atoms with van der Waals surface area (Å²) < 4.78 is 0. The summed E-state index contributed by atoms with van der Waals surface area (Å²) in [4.78, 5) is 0. The summed E-state index contributed by atoms with van der Waals surface area (Å²) in [6, 6.07) is 7.17. The van der Waals surface area contributed by atoms with Crippen molar-refractivity contribution in [3.8, 4) is 0 Å². The zero-order valence-electron chi connectivity index (χ0n) is 13.1. The third-order valence-corrected chi connectivity index (χ3v) is 8.16. The van der Waals surface area contributed by atoms with Crippen molar-refractivity contribution in [1.29, 1.82) is 0 Å². The highest BCUT2D eigenvalue weighted by molar-refractivity contribution is 7.67. The van der Waals surface area contributed by atoms with E-state index in [1.165, 1.54) is 44.1 Å². The van der Waals surface area contributed by atoms with Crippen molar-refractivity contribution in [2.45, 2.75) is 77.5 Å². The highest BCUT2D eigenvalue weighted by Gasteiger charge is 2.35. The van der Waals surface area contributed by atoms with Crippen LogP contribution < -0.4 is 5.30 Å². The molecule has 106 valence electrons. The van der Waals surface area contributed by atoms with Crippen LogP contribution >= 0.6 is 7.92 Å². The van der Waals surface area contributed by atoms with Crippen molar-refractivity contribution in [2.75, 3.05) is 0 Å². The maximum absolute atomic E-state index is 2.45. The number of benzene rings is 1. The van der Waals surface area contributed by atoms with Crippen LogP contribution in [-0.2, 0) is 0 Å². The smallest absolute Gasteiger partial charge is 0.0166 e. The van der Waals surface area contributed by atoms with Crippen LogP contribution in [0.1, 0.15) is 63.5 Å². The standard InChI is InChI=1S/C18H29P/c1-5-7-16-10-11-17(8-6-2)19(16)18-12-9-14(3)13-15(18)4/h9,12-13,16-17H,5-8,10-11H2,1-4H3. The fraction of sp³-hybridized carbons (Fsp3) is 0.667. The van der Waals surface area contributed by atoms with Crippen LogP contribution in [0.15, 0.2) is 18.2 Å². The molecule has 0 saturated carbocycles. The first kappa shape index (κ1) is 15.0. The normalized spacial score (nSPS) is 26.8. The molecular formula is C18H29P. The molecule has 0 aromatic heterocycles. The van der Waals surface area contributed by atoms with Gasteiger partial charge in [0.1, 0.15) is 0 Å². The molecule has 1 aliphatic rings. The SMILES string of the molecule is CCCC1CCC(CCC)P1c1ccc(C)cc1C. The molecule has 1 fully saturated rings. The van der Waals surface area contributed by atoms with Crippen molar-refractivity contribution in [2.24, 2.45) is 0 Å². The van der Waals surface area contributed by atoms with Gasteiger partial charge in [-0.2, -0.15) is 0 Å². The lowest BCUT2D eigenvalue weighted by atomic mass is 10.1. The van der Waals surface area contributed by atoms with Crippen molar-refractivity contribution >= 4 is 13.2 Å². The Balaban J connectivity index is 2.29. The molecule has 1 saturated heterocycles. The molecule has 0 bridgehead atoms. The molecular weight excluding hydrogens is 247 g/mol. The quantitative estimate of drug-likeness (QED) is 0.619. The Labute approximate surface area is 120 Å². The van der Waals surface area contributed by atoms with E-state index in [2.05, 4.69) is 45.9 Å². The van der Waals surface area contributed by atoms with E-state index >= 15 is 0 Å². The first-order chi connectivity index (χ1) is 9.17. The van der Waals surface area contributed by atoms with Gasteiger partial charge in [-0.3, -0.25) is 0 Å². The largest absolute Gasteiger partial charge is 0.0687 e. The maximum Gasteiger partial charge on any atom is -0.0166 e. The second-order valence-electron chi connectivity index (χ2n) is 6.16. The molecule has 0 nitrogen and oxygen atoms in total. The van der Waals surface area contributed by atoms with Crippen LogP contribution in [0.2, 0.25) is 0 Å². The van der Waals surface area contributed by atoms with E-state index in [1.54, 1.807) is 10.9 Å². The van der Waals surface area contributed by atoms with Gasteiger partial charge in [0.05, 0.1) is 0 Å². The second kappa shape index (κ2) is 6.89. The monoisotopic (exact) mass is 276 g/mol. The van der Waals surface area contributed by atoms with Crippen LogP contribution in [0, 0.1) is 13.8 Å². The van der Waals surface area contributed by atoms with Crippen LogP contribution in [0.5, 0.6) is 0 Å². The first-order valence-electron chi connectivity index (χ1n) is 8.03. The topological polar surface area (TPSA) is 0 Å². The van der Waals surface area contributed by atoms with Crippen LogP contribution in [-0.4, -0.2) is 11.3 Å². The van der Waals surface area contributed by atoms with Gasteiger partial charge in [-0.1, -0.05) is 58.4 Å². The molecule has 1 aliphatic heterocycles. The average molecular weight is 276 g/mol. The van der Waals surface area contributed by atoms with E-state index in [1.807, 2.05) is 0 Å². The second-order valence-corrected chi connectivity index (χ2v) is 8.92. The minimum atomic E-state index is 0.0879. The fourth-order valence-electron chi connectivity index (χ4n) is 3.68. The van der Waals surface area contributed by atoms with Crippen molar-refractivity contribution in [3.05, 3.63) is 29.3 Å². The summed E-state index contributed by atoms with van der Waals surface area (Å²) in [7, 11) is 0.0879. The highest BCUT2D eigenvalue weighted by atomic mass is 31.1. The van der Waals surface area contributed by atoms with Gasteiger partial charge >= 0.3 is 0 Å². The molecule has 2 rings (SSSR count). The Hall–Kier alpha value is -0.350. The minimum Gasteiger partial charge on any atom is -0.0687 e.